The van der Waals surface area contributed by atoms with E-state index in [0.29, 0.717) is 11.3 Å². The molecule has 0 bridgehead atoms. The Labute approximate surface area is 211 Å². The van der Waals surface area contributed by atoms with Gasteiger partial charge in [-0.3, -0.25) is 25.7 Å². The van der Waals surface area contributed by atoms with Gasteiger partial charge in [0, 0.05) is 50.9 Å². The molecule has 0 amide bonds. The van der Waals surface area contributed by atoms with Crippen molar-refractivity contribution in [3.05, 3.63) is 62.2 Å². The highest BCUT2D eigenvalue weighted by Crippen LogP contribution is 2.30. The number of hydrogen-bond acceptors (Lipinski definition) is 9. The number of non-ortho nitro benzene ring substituents is 1. The zero-order chi connectivity index (χ0) is 27.2. The van der Waals surface area contributed by atoms with Crippen LogP contribution in [-0.2, 0) is 10.0 Å². The van der Waals surface area contributed by atoms with Gasteiger partial charge in [-0.2, -0.15) is 9.41 Å². The van der Waals surface area contributed by atoms with E-state index in [1.165, 1.54) is 28.7 Å². The monoisotopic (exact) mass is 520 g/mol. The van der Waals surface area contributed by atoms with Gasteiger partial charge in [-0.25, -0.2) is 8.42 Å². The normalized spacial score (nSPS) is 12.0. The lowest BCUT2D eigenvalue weighted by molar-refractivity contribution is -0.385. The van der Waals surface area contributed by atoms with Crippen molar-refractivity contribution in [3.8, 4) is 0 Å². The first kappa shape index (κ1) is 28.7. The van der Waals surface area contributed by atoms with Gasteiger partial charge in [-0.05, 0) is 24.0 Å². The molecule has 13 heteroatoms. The van der Waals surface area contributed by atoms with Gasteiger partial charge in [0.25, 0.3) is 11.4 Å². The van der Waals surface area contributed by atoms with Crippen molar-refractivity contribution < 1.29 is 18.3 Å². The first-order valence-corrected chi connectivity index (χ1v) is 12.7. The molecule has 0 aromatic heterocycles. The van der Waals surface area contributed by atoms with E-state index in [0.717, 1.165) is 6.07 Å². The summed E-state index contributed by atoms with van der Waals surface area (Å²) in [5.41, 5.74) is 3.04. The number of nitrogens with zero attached hydrogens (tertiary/aromatic N) is 5. The highest BCUT2D eigenvalue weighted by Gasteiger charge is 2.30. The van der Waals surface area contributed by atoms with Crippen molar-refractivity contribution >= 4 is 39.0 Å². The zero-order valence-electron chi connectivity index (χ0n) is 21.2. The Balaban J connectivity index is 2.49. The van der Waals surface area contributed by atoms with Crippen molar-refractivity contribution in [2.45, 2.75) is 32.6 Å². The molecule has 0 saturated heterocycles. The molecule has 196 valence electrons. The molecule has 0 radical (unpaired) electrons. The van der Waals surface area contributed by atoms with Crippen LogP contribution in [0.25, 0.3) is 0 Å². The molecule has 0 saturated carbocycles. The van der Waals surface area contributed by atoms with Gasteiger partial charge in [-0.1, -0.05) is 33.8 Å². The number of nitrogens with one attached hydrogen (secondary N) is 1. The fraction of sp³-hybridized carbons (Fsp3) is 0.435. The molecule has 0 aliphatic carbocycles. The molecule has 2 aromatic carbocycles. The van der Waals surface area contributed by atoms with E-state index in [2.05, 4.69) is 10.5 Å². The molecule has 1 N–H and O–H groups in total. The molecule has 0 heterocycles. The predicted molar refractivity (Wildman–Crippen MR) is 140 cm³/mol. The molecule has 0 spiro atoms. The molecule has 2 rings (SSSR count). The SMILES string of the molecule is CC(C)CN(CC(C)C)S(=O)(=O)c1cc([N+](=O)[O-])ccc1NN=Cc1ccc(N(C)C)c([N+](=O)[O-])c1. The number of hydrazone groups is 1. The summed E-state index contributed by atoms with van der Waals surface area (Å²) in [5, 5.41) is 26.8. The maximum Gasteiger partial charge on any atom is 0.293 e. The number of nitro benzene ring substituents is 2. The smallest absolute Gasteiger partial charge is 0.293 e. The number of sulfonamides is 1. The Hall–Kier alpha value is -3.58. The molecule has 0 aliphatic rings. The largest absolute Gasteiger partial charge is 0.372 e. The summed E-state index contributed by atoms with van der Waals surface area (Å²) < 4.78 is 28.5. The van der Waals surface area contributed by atoms with E-state index < -0.39 is 19.9 Å². The summed E-state index contributed by atoms with van der Waals surface area (Å²) in [7, 11) is -0.727. The van der Waals surface area contributed by atoms with Gasteiger partial charge >= 0.3 is 0 Å². The molecular formula is C23H32N6O6S. The quantitative estimate of drug-likeness (QED) is 0.247. The summed E-state index contributed by atoms with van der Waals surface area (Å²) in [6.07, 6.45) is 1.31. The molecule has 2 aromatic rings. The van der Waals surface area contributed by atoms with Gasteiger partial charge in [-0.15, -0.1) is 0 Å². The Morgan fingerprint density at radius 1 is 0.972 bits per heavy atom. The highest BCUT2D eigenvalue weighted by atomic mass is 32.2. The minimum absolute atomic E-state index is 0.0348. The van der Waals surface area contributed by atoms with Crippen LogP contribution in [0.2, 0.25) is 0 Å². The third-order valence-electron chi connectivity index (χ3n) is 5.01. The van der Waals surface area contributed by atoms with E-state index in [1.807, 2.05) is 27.7 Å². The summed E-state index contributed by atoms with van der Waals surface area (Å²) in [6, 6.07) is 8.04. The average molecular weight is 521 g/mol. The third-order valence-corrected chi connectivity index (χ3v) is 6.88. The van der Waals surface area contributed by atoms with Crippen LogP contribution in [-0.4, -0.2) is 56.0 Å². The van der Waals surface area contributed by atoms with Gasteiger partial charge in [0.1, 0.15) is 10.6 Å². The van der Waals surface area contributed by atoms with Crippen molar-refractivity contribution in [2.75, 3.05) is 37.5 Å². The Bertz CT molecular complexity index is 1230. The lowest BCUT2D eigenvalue weighted by atomic mass is 10.2. The second kappa shape index (κ2) is 11.9. The van der Waals surface area contributed by atoms with E-state index in [1.54, 1.807) is 31.1 Å². The molecule has 0 atom stereocenters. The van der Waals surface area contributed by atoms with E-state index in [4.69, 9.17) is 0 Å². The summed E-state index contributed by atoms with van der Waals surface area (Å²) >= 11 is 0. The predicted octanol–water partition coefficient (Wildman–Crippen LogP) is 4.32. The highest BCUT2D eigenvalue weighted by molar-refractivity contribution is 7.89. The molecule has 0 fully saturated rings. The minimum Gasteiger partial charge on any atom is -0.372 e. The van der Waals surface area contributed by atoms with Gasteiger partial charge in [0.15, 0.2) is 0 Å². The fourth-order valence-corrected chi connectivity index (χ4v) is 5.40. The summed E-state index contributed by atoms with van der Waals surface area (Å²) in [4.78, 5) is 23.0. The standard InChI is InChI=1S/C23H32N6O6S/c1-16(2)14-27(15-17(3)4)36(34,35)23-12-19(28(30)31)8-9-20(23)25-24-13-18-7-10-21(26(5)6)22(11-18)29(32)33/h7-13,16-17,25H,14-15H2,1-6H3. The van der Waals surface area contributed by atoms with Gasteiger partial charge in [0.05, 0.1) is 21.7 Å². The van der Waals surface area contributed by atoms with Crippen LogP contribution < -0.4 is 10.3 Å². The van der Waals surface area contributed by atoms with Crippen molar-refractivity contribution in [2.24, 2.45) is 16.9 Å². The number of benzene rings is 2. The van der Waals surface area contributed by atoms with Crippen molar-refractivity contribution in [1.29, 1.82) is 0 Å². The Morgan fingerprint density at radius 2 is 1.58 bits per heavy atom. The van der Waals surface area contributed by atoms with Crippen molar-refractivity contribution in [1.82, 2.24) is 4.31 Å². The molecule has 0 unspecified atom stereocenters. The lowest BCUT2D eigenvalue weighted by Crippen LogP contribution is -2.37. The van der Waals surface area contributed by atoms with Gasteiger partial charge < -0.3 is 4.90 Å². The average Bonchev–Trinajstić information content (AvgIpc) is 2.77. The molecule has 12 nitrogen and oxygen atoms in total. The number of anilines is 2. The van der Waals surface area contributed by atoms with Crippen LogP contribution in [0.1, 0.15) is 33.3 Å². The molecule has 0 aliphatic heterocycles. The zero-order valence-corrected chi connectivity index (χ0v) is 22.0. The van der Waals surface area contributed by atoms with E-state index in [9.17, 15) is 28.6 Å². The topological polar surface area (TPSA) is 151 Å². The summed E-state index contributed by atoms with van der Waals surface area (Å²) in [6.45, 7) is 8.05. The number of nitro groups is 2. The van der Waals surface area contributed by atoms with E-state index in [-0.39, 0.29) is 46.9 Å². The van der Waals surface area contributed by atoms with Crippen LogP contribution in [0.15, 0.2) is 46.4 Å². The maximum absolute atomic E-state index is 13.6. The first-order valence-electron chi connectivity index (χ1n) is 11.3. The number of hydrogen-bond donors (Lipinski definition) is 1. The van der Waals surface area contributed by atoms with Crippen molar-refractivity contribution in [3.63, 3.8) is 0 Å². The second-order valence-corrected chi connectivity index (χ2v) is 11.2. The van der Waals surface area contributed by atoms with Gasteiger partial charge in [0.2, 0.25) is 10.0 Å². The third kappa shape index (κ3) is 7.21. The fourth-order valence-electron chi connectivity index (χ4n) is 3.48. The number of rotatable bonds is 12. The Morgan fingerprint density at radius 3 is 2.08 bits per heavy atom. The van der Waals surface area contributed by atoms with Crippen LogP contribution >= 0.6 is 0 Å². The van der Waals surface area contributed by atoms with Crippen LogP contribution in [0, 0.1) is 32.1 Å². The van der Waals surface area contributed by atoms with Crippen LogP contribution in [0.4, 0.5) is 22.7 Å². The molecular weight excluding hydrogens is 488 g/mol. The lowest BCUT2D eigenvalue weighted by Gasteiger charge is -2.26. The van der Waals surface area contributed by atoms with Crippen LogP contribution in [0.5, 0.6) is 0 Å². The summed E-state index contributed by atoms with van der Waals surface area (Å²) in [5.74, 6) is 0.0696. The Kier molecular flexibility index (Phi) is 9.48. The first-order chi connectivity index (χ1) is 16.7. The molecule has 36 heavy (non-hydrogen) atoms. The van der Waals surface area contributed by atoms with Crippen LogP contribution in [0.3, 0.4) is 0 Å². The second-order valence-electron chi connectivity index (χ2n) is 9.32. The maximum atomic E-state index is 13.6. The minimum atomic E-state index is -4.11. The van der Waals surface area contributed by atoms with E-state index >= 15 is 0 Å².